The first-order chi connectivity index (χ1) is 11.5. The second kappa shape index (κ2) is 6.95. The molecule has 1 amide bonds. The molecule has 0 radical (unpaired) electrons. The summed E-state index contributed by atoms with van der Waals surface area (Å²) in [6, 6.07) is 9.10. The lowest BCUT2D eigenvalue weighted by Crippen LogP contribution is -2.43. The lowest BCUT2D eigenvalue weighted by Gasteiger charge is -2.29. The summed E-state index contributed by atoms with van der Waals surface area (Å²) in [5, 5.41) is 4.12. The minimum absolute atomic E-state index is 0.0415. The van der Waals surface area contributed by atoms with Crippen molar-refractivity contribution < 1.29 is 9.18 Å². The smallest absolute Gasteiger partial charge is 0.267 e. The van der Waals surface area contributed by atoms with E-state index < -0.39 is 0 Å². The number of halogens is 1. The lowest BCUT2D eigenvalue weighted by atomic mass is 10.1. The Balaban J connectivity index is 1.91. The molecule has 3 rings (SSSR count). The average Bonchev–Trinajstić information content (AvgIpc) is 3.05. The van der Waals surface area contributed by atoms with Crippen LogP contribution in [0.15, 0.2) is 41.2 Å². The molecule has 24 heavy (non-hydrogen) atoms. The Morgan fingerprint density at radius 1 is 1.29 bits per heavy atom. The van der Waals surface area contributed by atoms with Crippen LogP contribution in [0.4, 0.5) is 10.1 Å². The summed E-state index contributed by atoms with van der Waals surface area (Å²) in [6.07, 6.45) is 3.87. The second-order valence-corrected chi connectivity index (χ2v) is 6.15. The van der Waals surface area contributed by atoms with Crippen LogP contribution < -0.4 is 10.5 Å². The molecule has 0 spiro atoms. The molecule has 1 fully saturated rings. The van der Waals surface area contributed by atoms with E-state index in [-0.39, 0.29) is 29.9 Å². The van der Waals surface area contributed by atoms with Crippen LogP contribution in [0.1, 0.15) is 31.4 Å². The lowest BCUT2D eigenvalue weighted by molar-refractivity contribution is -0.119. The minimum Gasteiger partial charge on any atom is -0.308 e. The first kappa shape index (κ1) is 16.4. The van der Waals surface area contributed by atoms with Gasteiger partial charge in [-0.15, -0.1) is 0 Å². The Kier molecular flexibility index (Phi) is 4.74. The summed E-state index contributed by atoms with van der Waals surface area (Å²) in [5.41, 5.74) is 0.882. The van der Waals surface area contributed by atoms with E-state index in [9.17, 15) is 14.0 Å². The first-order valence-electron chi connectivity index (χ1n) is 8.17. The highest BCUT2D eigenvalue weighted by Gasteiger charge is 2.28. The molecular weight excluding hydrogens is 309 g/mol. The highest BCUT2D eigenvalue weighted by Crippen LogP contribution is 2.29. The molecule has 1 aromatic heterocycles. The molecule has 0 aliphatic heterocycles. The predicted octanol–water partition coefficient (Wildman–Crippen LogP) is 2.67. The number of amides is 1. The number of anilines is 1. The molecule has 126 valence electrons. The molecule has 1 aliphatic carbocycles. The molecule has 0 unspecified atom stereocenters. The number of nitrogens with zero attached hydrogens (tertiary/aromatic N) is 3. The van der Waals surface area contributed by atoms with Crippen LogP contribution in [0, 0.1) is 12.7 Å². The SMILES string of the molecule is Cc1ccc(=O)n(CC(=O)N(c2cccc(F)c2)C2CCCC2)n1. The van der Waals surface area contributed by atoms with E-state index in [1.54, 1.807) is 30.0 Å². The van der Waals surface area contributed by atoms with Crippen LogP contribution in [0.2, 0.25) is 0 Å². The van der Waals surface area contributed by atoms with Gasteiger partial charge in [-0.3, -0.25) is 9.59 Å². The monoisotopic (exact) mass is 329 g/mol. The average molecular weight is 329 g/mol. The summed E-state index contributed by atoms with van der Waals surface area (Å²) in [4.78, 5) is 26.4. The van der Waals surface area contributed by atoms with Gasteiger partial charge in [-0.2, -0.15) is 5.10 Å². The number of rotatable bonds is 4. The van der Waals surface area contributed by atoms with Gasteiger partial charge in [0.15, 0.2) is 0 Å². The van der Waals surface area contributed by atoms with Gasteiger partial charge in [-0.05, 0) is 44.0 Å². The number of aryl methyl sites for hydroxylation is 1. The molecule has 1 saturated carbocycles. The maximum Gasteiger partial charge on any atom is 0.267 e. The zero-order chi connectivity index (χ0) is 17.1. The Morgan fingerprint density at radius 2 is 2.04 bits per heavy atom. The highest BCUT2D eigenvalue weighted by molar-refractivity contribution is 5.93. The number of carbonyl (C=O) groups excluding carboxylic acids is 1. The Bertz CT molecular complexity index is 797. The van der Waals surface area contributed by atoms with E-state index in [1.165, 1.54) is 22.9 Å². The van der Waals surface area contributed by atoms with E-state index in [0.717, 1.165) is 25.7 Å². The zero-order valence-electron chi connectivity index (χ0n) is 13.6. The maximum atomic E-state index is 13.6. The fourth-order valence-electron chi connectivity index (χ4n) is 3.22. The zero-order valence-corrected chi connectivity index (χ0v) is 13.6. The fourth-order valence-corrected chi connectivity index (χ4v) is 3.22. The van der Waals surface area contributed by atoms with Gasteiger partial charge in [0, 0.05) is 17.8 Å². The molecule has 0 bridgehead atoms. The number of benzene rings is 1. The van der Waals surface area contributed by atoms with Crippen LogP contribution in [-0.4, -0.2) is 21.7 Å². The van der Waals surface area contributed by atoms with Crippen LogP contribution in [-0.2, 0) is 11.3 Å². The topological polar surface area (TPSA) is 55.2 Å². The number of hydrogen-bond acceptors (Lipinski definition) is 3. The van der Waals surface area contributed by atoms with Gasteiger partial charge in [0.05, 0.1) is 5.69 Å². The molecule has 5 nitrogen and oxygen atoms in total. The van der Waals surface area contributed by atoms with Crippen molar-refractivity contribution in [1.29, 1.82) is 0 Å². The van der Waals surface area contributed by atoms with Crippen molar-refractivity contribution in [3.05, 3.63) is 58.3 Å². The summed E-state index contributed by atoms with van der Waals surface area (Å²) < 4.78 is 14.8. The number of aromatic nitrogens is 2. The Labute approximate surface area is 139 Å². The van der Waals surface area contributed by atoms with Crippen molar-refractivity contribution in [1.82, 2.24) is 9.78 Å². The molecule has 0 N–H and O–H groups in total. The standard InChI is InChI=1S/C18H20FN3O2/c1-13-9-10-17(23)21(20-13)12-18(24)22(15-6-2-3-7-15)16-8-4-5-14(19)11-16/h4-5,8-11,15H,2-3,6-7,12H2,1H3. The summed E-state index contributed by atoms with van der Waals surface area (Å²) >= 11 is 0. The van der Waals surface area contributed by atoms with E-state index in [1.807, 2.05) is 0 Å². The van der Waals surface area contributed by atoms with Crippen LogP contribution >= 0.6 is 0 Å². The van der Waals surface area contributed by atoms with E-state index in [4.69, 9.17) is 0 Å². The van der Waals surface area contributed by atoms with E-state index >= 15 is 0 Å². The normalized spacial score (nSPS) is 14.8. The van der Waals surface area contributed by atoms with Gasteiger partial charge < -0.3 is 4.90 Å². The van der Waals surface area contributed by atoms with Gasteiger partial charge in [0.25, 0.3) is 5.56 Å². The summed E-state index contributed by atoms with van der Waals surface area (Å²) in [5.74, 6) is -0.623. The number of hydrogen-bond donors (Lipinski definition) is 0. The molecule has 2 aromatic rings. The first-order valence-corrected chi connectivity index (χ1v) is 8.17. The molecule has 1 aromatic carbocycles. The predicted molar refractivity (Wildman–Crippen MR) is 89.4 cm³/mol. The maximum absolute atomic E-state index is 13.6. The molecule has 0 atom stereocenters. The van der Waals surface area contributed by atoms with Crippen molar-refractivity contribution in [3.63, 3.8) is 0 Å². The molecular formula is C18H20FN3O2. The third kappa shape index (κ3) is 3.53. The van der Waals surface area contributed by atoms with Crippen molar-refractivity contribution in [3.8, 4) is 0 Å². The van der Waals surface area contributed by atoms with Crippen LogP contribution in [0.25, 0.3) is 0 Å². The molecule has 1 aliphatic rings. The van der Waals surface area contributed by atoms with E-state index in [2.05, 4.69) is 5.10 Å². The van der Waals surface area contributed by atoms with E-state index in [0.29, 0.717) is 11.4 Å². The van der Waals surface area contributed by atoms with Gasteiger partial charge in [0.2, 0.25) is 5.91 Å². The molecule has 0 saturated heterocycles. The summed E-state index contributed by atoms with van der Waals surface area (Å²) in [6.45, 7) is 1.62. The second-order valence-electron chi connectivity index (χ2n) is 6.15. The Morgan fingerprint density at radius 3 is 2.75 bits per heavy atom. The fraction of sp³-hybridized carbons (Fsp3) is 0.389. The van der Waals surface area contributed by atoms with Crippen molar-refractivity contribution in [2.24, 2.45) is 0 Å². The van der Waals surface area contributed by atoms with Crippen LogP contribution in [0.5, 0.6) is 0 Å². The molecule has 6 heteroatoms. The Hall–Kier alpha value is -2.50. The quantitative estimate of drug-likeness (QED) is 0.866. The highest BCUT2D eigenvalue weighted by atomic mass is 19.1. The molecule has 1 heterocycles. The van der Waals surface area contributed by atoms with Gasteiger partial charge in [-0.1, -0.05) is 18.9 Å². The van der Waals surface area contributed by atoms with Crippen LogP contribution in [0.3, 0.4) is 0 Å². The number of carbonyl (C=O) groups is 1. The van der Waals surface area contributed by atoms with Gasteiger partial charge >= 0.3 is 0 Å². The third-order valence-corrected chi connectivity index (χ3v) is 4.33. The summed E-state index contributed by atoms with van der Waals surface area (Å²) in [7, 11) is 0. The van der Waals surface area contributed by atoms with Gasteiger partial charge in [-0.25, -0.2) is 9.07 Å². The van der Waals surface area contributed by atoms with Crippen molar-refractivity contribution in [2.45, 2.75) is 45.2 Å². The minimum atomic E-state index is -0.380. The third-order valence-electron chi connectivity index (χ3n) is 4.33. The largest absolute Gasteiger partial charge is 0.308 e. The van der Waals surface area contributed by atoms with Gasteiger partial charge in [0.1, 0.15) is 12.4 Å². The van der Waals surface area contributed by atoms with Crippen molar-refractivity contribution in [2.75, 3.05) is 4.90 Å². The van der Waals surface area contributed by atoms with Crippen molar-refractivity contribution >= 4 is 11.6 Å².